The van der Waals surface area contributed by atoms with Crippen LogP contribution in [0.3, 0.4) is 0 Å². The second-order valence-corrected chi connectivity index (χ2v) is 4.68. The number of hydrogen-bond acceptors (Lipinski definition) is 4. The Morgan fingerprint density at radius 3 is 2.82 bits per heavy atom. The third kappa shape index (κ3) is 6.66. The summed E-state index contributed by atoms with van der Waals surface area (Å²) in [6.45, 7) is -0.0298. The molecule has 0 spiro atoms. The van der Waals surface area contributed by atoms with Crippen molar-refractivity contribution in [2.45, 2.75) is 26.4 Å². The topological polar surface area (TPSA) is 54.9 Å². The predicted molar refractivity (Wildman–Crippen MR) is 85.9 cm³/mol. The van der Waals surface area contributed by atoms with Gasteiger partial charge in [0, 0.05) is 6.54 Å². The van der Waals surface area contributed by atoms with Crippen molar-refractivity contribution in [3.05, 3.63) is 23.8 Å². The molecule has 0 heterocycles. The highest BCUT2D eigenvalue weighted by molar-refractivity contribution is 7.80. The largest absolute Gasteiger partial charge is 0.493 e. The van der Waals surface area contributed by atoms with E-state index in [0.29, 0.717) is 10.7 Å². The summed E-state index contributed by atoms with van der Waals surface area (Å²) in [7, 11) is 1.37. The van der Waals surface area contributed by atoms with Crippen molar-refractivity contribution >= 4 is 23.5 Å². The minimum atomic E-state index is -2.90. The fourth-order valence-corrected chi connectivity index (χ4v) is 1.70. The quantitative estimate of drug-likeness (QED) is 0.332. The molecule has 0 aliphatic heterocycles. The molecular formula is C14H19F2N3O2S. The Morgan fingerprint density at radius 1 is 1.41 bits per heavy atom. The maximum Gasteiger partial charge on any atom is 0.387 e. The number of hydrazone groups is 1. The van der Waals surface area contributed by atoms with Gasteiger partial charge < -0.3 is 14.8 Å². The number of thiocarbonyl (C=S) groups is 1. The van der Waals surface area contributed by atoms with Gasteiger partial charge in [0.1, 0.15) is 0 Å². The molecule has 2 N–H and O–H groups in total. The van der Waals surface area contributed by atoms with Gasteiger partial charge in [0.05, 0.1) is 13.3 Å². The molecule has 0 saturated carbocycles. The average molecular weight is 331 g/mol. The van der Waals surface area contributed by atoms with Crippen molar-refractivity contribution in [3.8, 4) is 11.5 Å². The lowest BCUT2D eigenvalue weighted by Gasteiger charge is -2.10. The number of nitrogens with zero attached hydrogens (tertiary/aromatic N) is 1. The minimum Gasteiger partial charge on any atom is -0.493 e. The van der Waals surface area contributed by atoms with Crippen LogP contribution in [0.1, 0.15) is 25.3 Å². The van der Waals surface area contributed by atoms with Gasteiger partial charge in [-0.25, -0.2) is 0 Å². The molecule has 0 bridgehead atoms. The number of halogens is 2. The van der Waals surface area contributed by atoms with Gasteiger partial charge in [-0.1, -0.05) is 13.3 Å². The normalized spacial score (nSPS) is 10.8. The SMILES string of the molecule is CCCCNC(=S)N/N=C\c1ccc(OC(F)F)c(OC)c1. The first-order valence-electron chi connectivity index (χ1n) is 6.76. The van der Waals surface area contributed by atoms with Crippen LogP contribution in [0.2, 0.25) is 0 Å². The van der Waals surface area contributed by atoms with Gasteiger partial charge in [0.25, 0.3) is 0 Å². The molecule has 0 amide bonds. The van der Waals surface area contributed by atoms with Crippen LogP contribution in [-0.4, -0.2) is 31.6 Å². The summed E-state index contributed by atoms with van der Waals surface area (Å²) in [4.78, 5) is 0. The molecule has 1 rings (SSSR count). The molecule has 0 radical (unpaired) electrons. The van der Waals surface area contributed by atoms with Crippen molar-refractivity contribution in [3.63, 3.8) is 0 Å². The first-order chi connectivity index (χ1) is 10.6. The average Bonchev–Trinajstić information content (AvgIpc) is 2.48. The lowest BCUT2D eigenvalue weighted by molar-refractivity contribution is -0.0512. The van der Waals surface area contributed by atoms with Crippen LogP contribution in [0.5, 0.6) is 11.5 Å². The van der Waals surface area contributed by atoms with E-state index in [0.717, 1.165) is 19.4 Å². The monoisotopic (exact) mass is 331 g/mol. The summed E-state index contributed by atoms with van der Waals surface area (Å²) in [6, 6.07) is 4.51. The molecule has 1 aromatic rings. The zero-order valence-corrected chi connectivity index (χ0v) is 13.3. The van der Waals surface area contributed by atoms with E-state index >= 15 is 0 Å². The number of hydrogen-bond donors (Lipinski definition) is 2. The molecule has 0 unspecified atom stereocenters. The third-order valence-corrected chi connectivity index (χ3v) is 2.83. The van der Waals surface area contributed by atoms with E-state index in [9.17, 15) is 8.78 Å². The van der Waals surface area contributed by atoms with Crippen molar-refractivity contribution in [2.75, 3.05) is 13.7 Å². The zero-order chi connectivity index (χ0) is 16.4. The summed E-state index contributed by atoms with van der Waals surface area (Å²) in [5.74, 6) is 0.173. The Balaban J connectivity index is 2.58. The minimum absolute atomic E-state index is 0.0284. The van der Waals surface area contributed by atoms with E-state index in [2.05, 4.69) is 27.5 Å². The van der Waals surface area contributed by atoms with E-state index in [4.69, 9.17) is 17.0 Å². The number of methoxy groups -OCH3 is 1. The second-order valence-electron chi connectivity index (χ2n) is 4.27. The molecule has 0 aliphatic carbocycles. The fraction of sp³-hybridized carbons (Fsp3) is 0.429. The highest BCUT2D eigenvalue weighted by atomic mass is 32.1. The molecule has 122 valence electrons. The molecule has 0 aliphatic rings. The van der Waals surface area contributed by atoms with Crippen LogP contribution < -0.4 is 20.2 Å². The standard InChI is InChI=1S/C14H19F2N3O2S/c1-3-4-7-17-14(22)19-18-9-10-5-6-11(21-13(15)16)12(8-10)20-2/h5-6,8-9,13H,3-4,7H2,1-2H3,(H2,17,19,22)/b18-9-. The van der Waals surface area contributed by atoms with Crippen LogP contribution in [0, 0.1) is 0 Å². The molecule has 0 saturated heterocycles. The number of alkyl halides is 2. The zero-order valence-electron chi connectivity index (χ0n) is 12.4. The molecule has 0 aromatic heterocycles. The fourth-order valence-electron chi connectivity index (χ4n) is 1.54. The Hall–Kier alpha value is -1.96. The Bertz CT molecular complexity index is 513. The second kappa shape index (κ2) is 9.88. The number of unbranched alkanes of at least 4 members (excludes halogenated alkanes) is 1. The smallest absolute Gasteiger partial charge is 0.387 e. The summed E-state index contributed by atoms with van der Waals surface area (Å²) in [6.07, 6.45) is 3.60. The molecule has 8 heteroatoms. The van der Waals surface area contributed by atoms with Crippen LogP contribution in [0.15, 0.2) is 23.3 Å². The molecule has 0 fully saturated rings. The lowest BCUT2D eigenvalue weighted by atomic mass is 10.2. The Morgan fingerprint density at radius 2 is 2.18 bits per heavy atom. The van der Waals surface area contributed by atoms with E-state index in [-0.39, 0.29) is 11.5 Å². The number of ether oxygens (including phenoxy) is 2. The molecule has 22 heavy (non-hydrogen) atoms. The van der Waals surface area contributed by atoms with Crippen LogP contribution >= 0.6 is 12.2 Å². The van der Waals surface area contributed by atoms with Gasteiger partial charge >= 0.3 is 6.61 Å². The van der Waals surface area contributed by atoms with Gasteiger partial charge in [0.2, 0.25) is 0 Å². The van der Waals surface area contributed by atoms with Gasteiger partial charge in [-0.2, -0.15) is 13.9 Å². The van der Waals surface area contributed by atoms with Crippen molar-refractivity contribution < 1.29 is 18.3 Å². The van der Waals surface area contributed by atoms with E-state index < -0.39 is 6.61 Å². The number of rotatable bonds is 8. The summed E-state index contributed by atoms with van der Waals surface area (Å²) >= 11 is 5.04. The van der Waals surface area contributed by atoms with E-state index in [1.54, 1.807) is 6.07 Å². The van der Waals surface area contributed by atoms with Crippen molar-refractivity contribution in [2.24, 2.45) is 5.10 Å². The number of nitrogens with one attached hydrogen (secondary N) is 2. The van der Waals surface area contributed by atoms with Crippen molar-refractivity contribution in [1.29, 1.82) is 0 Å². The summed E-state index contributed by atoms with van der Waals surface area (Å²) in [5, 5.41) is 7.39. The van der Waals surface area contributed by atoms with E-state index in [1.807, 2.05) is 0 Å². The molecule has 0 atom stereocenters. The predicted octanol–water partition coefficient (Wildman–Crippen LogP) is 2.89. The van der Waals surface area contributed by atoms with Crippen LogP contribution in [0.25, 0.3) is 0 Å². The van der Waals surface area contributed by atoms with Gasteiger partial charge in [-0.15, -0.1) is 0 Å². The third-order valence-electron chi connectivity index (χ3n) is 2.60. The van der Waals surface area contributed by atoms with Gasteiger partial charge in [-0.05, 0) is 42.4 Å². The maximum atomic E-state index is 12.2. The molecular weight excluding hydrogens is 312 g/mol. The van der Waals surface area contributed by atoms with Crippen LogP contribution in [-0.2, 0) is 0 Å². The summed E-state index contributed by atoms with van der Waals surface area (Å²) < 4.78 is 33.8. The Labute approximate surface area is 133 Å². The van der Waals surface area contributed by atoms with Gasteiger partial charge in [-0.3, -0.25) is 5.43 Å². The van der Waals surface area contributed by atoms with Crippen LogP contribution in [0.4, 0.5) is 8.78 Å². The maximum absolute atomic E-state index is 12.2. The molecule has 1 aromatic carbocycles. The molecule has 5 nitrogen and oxygen atoms in total. The van der Waals surface area contributed by atoms with E-state index in [1.165, 1.54) is 25.5 Å². The summed E-state index contributed by atoms with van der Waals surface area (Å²) in [5.41, 5.74) is 3.33. The number of benzene rings is 1. The highest BCUT2D eigenvalue weighted by Gasteiger charge is 2.10. The lowest BCUT2D eigenvalue weighted by Crippen LogP contribution is -2.32. The van der Waals surface area contributed by atoms with Crippen molar-refractivity contribution in [1.82, 2.24) is 10.7 Å². The highest BCUT2D eigenvalue weighted by Crippen LogP contribution is 2.28. The Kier molecular flexibility index (Phi) is 8.13. The first kappa shape index (κ1) is 18.1. The van der Waals surface area contributed by atoms with Gasteiger partial charge in [0.15, 0.2) is 16.6 Å². The first-order valence-corrected chi connectivity index (χ1v) is 7.17.